The first-order chi connectivity index (χ1) is 9.95. The van der Waals surface area contributed by atoms with E-state index >= 15 is 0 Å². The first kappa shape index (κ1) is 24.7. The Hall–Kier alpha value is 0.491. The fourth-order valence-electron chi connectivity index (χ4n) is 2.43. The lowest BCUT2D eigenvalue weighted by Crippen LogP contribution is -2.55. The summed E-state index contributed by atoms with van der Waals surface area (Å²) in [6.07, 6.45) is 1.05. The van der Waals surface area contributed by atoms with Gasteiger partial charge in [0.05, 0.1) is 0 Å². The molecule has 0 heterocycles. The van der Waals surface area contributed by atoms with E-state index in [1.54, 1.807) is 0 Å². The summed E-state index contributed by atoms with van der Waals surface area (Å²) in [6.45, 7) is 24.2. The van der Waals surface area contributed by atoms with Gasteiger partial charge in [-0.25, -0.2) is 0 Å². The number of rotatable bonds is 10. The predicted molar refractivity (Wildman–Crippen MR) is 106 cm³/mol. The van der Waals surface area contributed by atoms with Crippen LogP contribution in [0, 0.1) is 0 Å². The second kappa shape index (κ2) is 11.9. The Morgan fingerprint density at radius 2 is 0.955 bits per heavy atom. The fourth-order valence-corrected chi connectivity index (χ4v) is 14.0. The molecule has 0 saturated heterocycles. The van der Waals surface area contributed by atoms with Gasteiger partial charge in [0.15, 0.2) is 0 Å². The van der Waals surface area contributed by atoms with Crippen molar-refractivity contribution in [2.24, 2.45) is 0 Å². The molecule has 0 aliphatic rings. The summed E-state index contributed by atoms with van der Waals surface area (Å²) >= 11 is 0. The Balaban J connectivity index is 0. The molecule has 0 saturated carbocycles. The summed E-state index contributed by atoms with van der Waals surface area (Å²) in [5.41, 5.74) is 0. The van der Waals surface area contributed by atoms with Crippen LogP contribution < -0.4 is 4.65 Å². The molecule has 0 unspecified atom stereocenters. The Kier molecular flexibility index (Phi) is 13.4. The summed E-state index contributed by atoms with van der Waals surface area (Å²) in [4.78, 5) is 0. The van der Waals surface area contributed by atoms with Crippen LogP contribution in [-0.4, -0.2) is 45.1 Å². The summed E-state index contributed by atoms with van der Waals surface area (Å²) in [5.74, 6) is 0. The highest BCUT2D eigenvalue weighted by atomic mass is 28.4. The van der Waals surface area contributed by atoms with Crippen molar-refractivity contribution in [2.45, 2.75) is 79.4 Å². The minimum Gasteiger partial charge on any atom is -0.374 e. The third-order valence-electron chi connectivity index (χ3n) is 2.40. The fraction of sp³-hybridized carbons (Fsp3) is 1.00. The van der Waals surface area contributed by atoms with E-state index in [1.807, 2.05) is 20.8 Å². The highest BCUT2D eigenvalue weighted by molar-refractivity contribution is 6.90. The maximum absolute atomic E-state index is 5.65. The average molecular weight is 368 g/mol. The SMILES string of the molecule is CCC[Si](OCC)(OCC)OCC.C[Si](C)(C)N[Si](C)(C)C. The standard InChI is InChI=1S/C9H22O3Si.C6H19NSi2/c1-5-9-13(10-6-2,11-7-3)12-8-4;1-8(2,3)7-9(4,5)6/h5-9H2,1-4H3;7H,1-6H3. The molecule has 0 amide bonds. The molecule has 0 aromatic carbocycles. The maximum atomic E-state index is 5.65. The van der Waals surface area contributed by atoms with Crippen molar-refractivity contribution in [1.29, 1.82) is 0 Å². The van der Waals surface area contributed by atoms with Crippen LogP contribution in [0.15, 0.2) is 0 Å². The van der Waals surface area contributed by atoms with Crippen LogP contribution in [0.2, 0.25) is 45.3 Å². The molecule has 136 valence electrons. The molecule has 7 heteroatoms. The molecular formula is C15H41NO3Si3. The highest BCUT2D eigenvalue weighted by Crippen LogP contribution is 2.17. The molecule has 0 spiro atoms. The third kappa shape index (κ3) is 15.4. The molecule has 0 aromatic rings. The molecule has 1 N–H and O–H groups in total. The van der Waals surface area contributed by atoms with Crippen molar-refractivity contribution in [1.82, 2.24) is 4.65 Å². The number of hydrogen-bond acceptors (Lipinski definition) is 4. The van der Waals surface area contributed by atoms with Gasteiger partial charge in [-0.05, 0) is 20.8 Å². The van der Waals surface area contributed by atoms with E-state index in [0.29, 0.717) is 19.8 Å². The van der Waals surface area contributed by atoms with Crippen LogP contribution in [0.1, 0.15) is 34.1 Å². The van der Waals surface area contributed by atoms with Gasteiger partial charge in [0.25, 0.3) is 0 Å². The van der Waals surface area contributed by atoms with E-state index in [-0.39, 0.29) is 0 Å². The lowest BCUT2D eigenvalue weighted by molar-refractivity contribution is 0.0712. The van der Waals surface area contributed by atoms with Gasteiger partial charge >= 0.3 is 8.80 Å². The van der Waals surface area contributed by atoms with E-state index < -0.39 is 25.3 Å². The van der Waals surface area contributed by atoms with Crippen LogP contribution in [0.4, 0.5) is 0 Å². The van der Waals surface area contributed by atoms with Gasteiger partial charge in [-0.1, -0.05) is 52.6 Å². The Bertz CT molecular complexity index is 224. The van der Waals surface area contributed by atoms with Crippen LogP contribution in [-0.2, 0) is 13.3 Å². The highest BCUT2D eigenvalue weighted by Gasteiger charge is 2.38. The molecule has 0 aliphatic carbocycles. The molecule has 4 nitrogen and oxygen atoms in total. The van der Waals surface area contributed by atoms with Gasteiger partial charge in [-0.2, -0.15) is 0 Å². The Morgan fingerprint density at radius 1 is 0.636 bits per heavy atom. The Labute approximate surface area is 142 Å². The van der Waals surface area contributed by atoms with Crippen molar-refractivity contribution in [3.05, 3.63) is 0 Å². The quantitative estimate of drug-likeness (QED) is 0.569. The topological polar surface area (TPSA) is 39.7 Å². The predicted octanol–water partition coefficient (Wildman–Crippen LogP) is 4.69. The number of hydrogen-bond donors (Lipinski definition) is 1. The Morgan fingerprint density at radius 3 is 1.09 bits per heavy atom. The van der Waals surface area contributed by atoms with E-state index in [0.717, 1.165) is 12.5 Å². The lowest BCUT2D eigenvalue weighted by Gasteiger charge is -2.28. The summed E-state index contributed by atoms with van der Waals surface area (Å²) < 4.78 is 20.7. The van der Waals surface area contributed by atoms with Crippen molar-refractivity contribution < 1.29 is 13.3 Å². The summed E-state index contributed by atoms with van der Waals surface area (Å²) in [5, 5.41) is 0. The van der Waals surface area contributed by atoms with Crippen LogP contribution in [0.5, 0.6) is 0 Å². The molecule has 0 aliphatic heterocycles. The zero-order chi connectivity index (χ0) is 17.9. The van der Waals surface area contributed by atoms with Crippen molar-refractivity contribution in [3.63, 3.8) is 0 Å². The zero-order valence-electron chi connectivity index (χ0n) is 16.8. The van der Waals surface area contributed by atoms with Crippen molar-refractivity contribution in [2.75, 3.05) is 19.8 Å². The minimum atomic E-state index is -2.30. The van der Waals surface area contributed by atoms with Gasteiger partial charge in [0.2, 0.25) is 0 Å². The normalized spacial score (nSPS) is 12.8. The third-order valence-corrected chi connectivity index (χ3v) is 11.7. The van der Waals surface area contributed by atoms with Gasteiger partial charge in [0, 0.05) is 25.9 Å². The van der Waals surface area contributed by atoms with E-state index in [9.17, 15) is 0 Å². The number of nitrogens with one attached hydrogen (secondary N) is 1. The van der Waals surface area contributed by atoms with Crippen LogP contribution in [0.25, 0.3) is 0 Å². The monoisotopic (exact) mass is 367 g/mol. The van der Waals surface area contributed by atoms with E-state index in [2.05, 4.69) is 50.9 Å². The molecule has 0 fully saturated rings. The minimum absolute atomic E-state index is 0.673. The van der Waals surface area contributed by atoms with E-state index in [4.69, 9.17) is 13.3 Å². The molecule has 22 heavy (non-hydrogen) atoms. The van der Waals surface area contributed by atoms with Crippen molar-refractivity contribution >= 4 is 25.3 Å². The maximum Gasteiger partial charge on any atom is 0.500 e. The molecular weight excluding hydrogens is 326 g/mol. The van der Waals surface area contributed by atoms with Gasteiger partial charge in [0.1, 0.15) is 16.5 Å². The van der Waals surface area contributed by atoms with Crippen molar-refractivity contribution in [3.8, 4) is 0 Å². The van der Waals surface area contributed by atoms with Crippen LogP contribution >= 0.6 is 0 Å². The van der Waals surface area contributed by atoms with Gasteiger partial charge in [-0.3, -0.25) is 0 Å². The zero-order valence-corrected chi connectivity index (χ0v) is 19.8. The summed E-state index contributed by atoms with van der Waals surface area (Å²) in [7, 11) is -4.26. The van der Waals surface area contributed by atoms with Crippen LogP contribution in [0.3, 0.4) is 0 Å². The smallest absolute Gasteiger partial charge is 0.374 e. The largest absolute Gasteiger partial charge is 0.500 e. The van der Waals surface area contributed by atoms with Gasteiger partial charge < -0.3 is 17.9 Å². The lowest BCUT2D eigenvalue weighted by atomic mass is 10.6. The van der Waals surface area contributed by atoms with E-state index in [1.165, 1.54) is 0 Å². The summed E-state index contributed by atoms with van der Waals surface area (Å²) in [6, 6.07) is 0.919. The molecule has 0 radical (unpaired) electrons. The average Bonchev–Trinajstić information content (AvgIpc) is 2.26. The molecule has 0 rings (SSSR count). The second-order valence-electron chi connectivity index (χ2n) is 7.36. The second-order valence-corrected chi connectivity index (χ2v) is 20.1. The molecule has 0 bridgehead atoms. The van der Waals surface area contributed by atoms with Gasteiger partial charge in [-0.15, -0.1) is 0 Å². The molecule has 0 aromatic heterocycles. The molecule has 0 atom stereocenters. The first-order valence-corrected chi connectivity index (χ1v) is 17.6. The first-order valence-electron chi connectivity index (χ1n) is 8.66.